The van der Waals surface area contributed by atoms with Gasteiger partial charge >= 0.3 is 0 Å². The molecule has 0 N–H and O–H groups in total. The Morgan fingerprint density at radius 2 is 1.75 bits per heavy atom. The predicted octanol–water partition coefficient (Wildman–Crippen LogP) is 3.65. The van der Waals surface area contributed by atoms with Crippen LogP contribution in [0.15, 0.2) is 71.8 Å². The molecule has 2 aromatic heterocycles. The molecule has 1 aliphatic rings. The van der Waals surface area contributed by atoms with Gasteiger partial charge in [0.05, 0.1) is 10.9 Å². The van der Waals surface area contributed by atoms with Crippen molar-refractivity contribution < 1.29 is 0 Å². The number of nitrogens with zero attached hydrogens (tertiary/aromatic N) is 4. The number of aryl methyl sites for hydroxylation is 1. The van der Waals surface area contributed by atoms with E-state index >= 15 is 0 Å². The third-order valence-electron chi connectivity index (χ3n) is 5.36. The molecule has 0 bridgehead atoms. The van der Waals surface area contributed by atoms with E-state index < -0.39 is 0 Å². The second-order valence-electron chi connectivity index (χ2n) is 7.24. The molecule has 0 saturated heterocycles. The van der Waals surface area contributed by atoms with Crippen molar-refractivity contribution in [2.75, 3.05) is 11.4 Å². The number of hydrogen-bond donors (Lipinski definition) is 0. The molecule has 3 heterocycles. The van der Waals surface area contributed by atoms with Crippen LogP contribution in [0.1, 0.15) is 16.7 Å². The highest BCUT2D eigenvalue weighted by Crippen LogP contribution is 2.22. The normalized spacial score (nSPS) is 13.5. The lowest BCUT2D eigenvalue weighted by molar-refractivity contribution is 0.710. The van der Waals surface area contributed by atoms with Gasteiger partial charge in [0.1, 0.15) is 0 Å². The van der Waals surface area contributed by atoms with E-state index in [9.17, 15) is 4.79 Å². The molecule has 4 aromatic rings. The quantitative estimate of drug-likeness (QED) is 0.542. The van der Waals surface area contributed by atoms with Gasteiger partial charge in [-0.1, -0.05) is 42.0 Å². The molecule has 0 amide bonds. The van der Waals surface area contributed by atoms with E-state index in [2.05, 4.69) is 39.1 Å². The molecule has 0 fully saturated rings. The lowest BCUT2D eigenvalue weighted by atomic mass is 10.0. The van der Waals surface area contributed by atoms with Crippen LogP contribution < -0.4 is 10.5 Å². The fourth-order valence-corrected chi connectivity index (χ4v) is 3.75. The summed E-state index contributed by atoms with van der Waals surface area (Å²) < 4.78 is 1.64. The Morgan fingerprint density at radius 1 is 0.964 bits per heavy atom. The summed E-state index contributed by atoms with van der Waals surface area (Å²) in [6.45, 7) is 3.70. The zero-order chi connectivity index (χ0) is 19.1. The minimum atomic E-state index is -0.100. The van der Waals surface area contributed by atoms with Crippen LogP contribution >= 0.6 is 0 Å². The summed E-state index contributed by atoms with van der Waals surface area (Å²) in [5, 5.41) is 0.532. The number of aromatic nitrogens is 3. The zero-order valence-corrected chi connectivity index (χ0v) is 15.7. The summed E-state index contributed by atoms with van der Waals surface area (Å²) in [5.74, 6) is 0.675. The molecule has 0 spiro atoms. The first kappa shape index (κ1) is 16.7. The molecule has 5 rings (SSSR count). The SMILES string of the molecule is Cc1ccc(-n2ccc3nc(N4CCc5ccccc5C4)ncc3c2=O)cc1. The number of fused-ring (bicyclic) bond motifs is 2. The highest BCUT2D eigenvalue weighted by molar-refractivity contribution is 5.78. The number of anilines is 1. The molecule has 0 atom stereocenters. The average molecular weight is 368 g/mol. The largest absolute Gasteiger partial charge is 0.336 e. The number of hydrogen-bond acceptors (Lipinski definition) is 4. The maximum absolute atomic E-state index is 12.9. The molecular formula is C23H20N4O. The Kier molecular flexibility index (Phi) is 3.93. The number of pyridine rings is 1. The Balaban J connectivity index is 1.52. The molecule has 0 radical (unpaired) electrons. The van der Waals surface area contributed by atoms with E-state index in [0.29, 0.717) is 16.9 Å². The molecule has 0 aliphatic carbocycles. The minimum absolute atomic E-state index is 0.100. The first-order chi connectivity index (χ1) is 13.7. The predicted molar refractivity (Wildman–Crippen MR) is 111 cm³/mol. The van der Waals surface area contributed by atoms with Gasteiger partial charge in [-0.2, -0.15) is 0 Å². The van der Waals surface area contributed by atoms with E-state index in [1.54, 1.807) is 17.0 Å². The Morgan fingerprint density at radius 3 is 2.57 bits per heavy atom. The third kappa shape index (κ3) is 2.85. The van der Waals surface area contributed by atoms with Crippen LogP contribution in [0.4, 0.5) is 5.95 Å². The molecule has 138 valence electrons. The van der Waals surface area contributed by atoms with Gasteiger partial charge in [0.25, 0.3) is 5.56 Å². The Labute approximate surface area is 162 Å². The summed E-state index contributed by atoms with van der Waals surface area (Å²) in [4.78, 5) is 24.3. The maximum atomic E-state index is 12.9. The fraction of sp³-hybridized carbons (Fsp3) is 0.174. The highest BCUT2D eigenvalue weighted by atomic mass is 16.1. The summed E-state index contributed by atoms with van der Waals surface area (Å²) in [6.07, 6.45) is 4.43. The molecule has 1 aliphatic heterocycles. The second-order valence-corrected chi connectivity index (χ2v) is 7.24. The van der Waals surface area contributed by atoms with Gasteiger partial charge in [0.15, 0.2) is 0 Å². The van der Waals surface area contributed by atoms with E-state index in [4.69, 9.17) is 0 Å². The van der Waals surface area contributed by atoms with Crippen LogP contribution in [0, 0.1) is 6.92 Å². The zero-order valence-electron chi connectivity index (χ0n) is 15.7. The van der Waals surface area contributed by atoms with Gasteiger partial charge in [0.2, 0.25) is 5.95 Å². The monoisotopic (exact) mass is 368 g/mol. The summed E-state index contributed by atoms with van der Waals surface area (Å²) in [5.41, 5.74) is 5.28. The fourth-order valence-electron chi connectivity index (χ4n) is 3.75. The highest BCUT2D eigenvalue weighted by Gasteiger charge is 2.18. The van der Waals surface area contributed by atoms with Crippen LogP contribution in [-0.4, -0.2) is 21.1 Å². The van der Waals surface area contributed by atoms with Gasteiger partial charge < -0.3 is 4.90 Å². The molecule has 2 aromatic carbocycles. The molecule has 5 nitrogen and oxygen atoms in total. The van der Waals surface area contributed by atoms with E-state index in [-0.39, 0.29) is 5.56 Å². The topological polar surface area (TPSA) is 51.0 Å². The Hall–Kier alpha value is -3.47. The van der Waals surface area contributed by atoms with Crippen molar-refractivity contribution in [2.24, 2.45) is 0 Å². The van der Waals surface area contributed by atoms with Crippen molar-refractivity contribution in [3.8, 4) is 5.69 Å². The van der Waals surface area contributed by atoms with Crippen molar-refractivity contribution in [3.63, 3.8) is 0 Å². The third-order valence-corrected chi connectivity index (χ3v) is 5.36. The van der Waals surface area contributed by atoms with Gasteiger partial charge in [-0.15, -0.1) is 0 Å². The van der Waals surface area contributed by atoms with Gasteiger partial charge in [-0.05, 0) is 42.7 Å². The first-order valence-electron chi connectivity index (χ1n) is 9.46. The van der Waals surface area contributed by atoms with Crippen molar-refractivity contribution in [1.29, 1.82) is 0 Å². The first-order valence-corrected chi connectivity index (χ1v) is 9.46. The van der Waals surface area contributed by atoms with E-state index in [1.165, 1.54) is 11.1 Å². The minimum Gasteiger partial charge on any atom is -0.336 e. The number of benzene rings is 2. The molecule has 0 saturated carbocycles. The number of rotatable bonds is 2. The van der Waals surface area contributed by atoms with E-state index in [1.807, 2.05) is 37.3 Å². The van der Waals surface area contributed by atoms with Crippen LogP contribution in [0.2, 0.25) is 0 Å². The van der Waals surface area contributed by atoms with Crippen molar-refractivity contribution in [3.05, 3.63) is 94.0 Å². The van der Waals surface area contributed by atoms with Crippen LogP contribution in [0.3, 0.4) is 0 Å². The summed E-state index contributed by atoms with van der Waals surface area (Å²) >= 11 is 0. The molecular weight excluding hydrogens is 348 g/mol. The standard InChI is InChI=1S/C23H20N4O/c1-16-6-8-19(9-7-16)27-13-11-21-20(22(27)28)14-24-23(25-21)26-12-10-17-4-2-3-5-18(17)15-26/h2-9,11,13-14H,10,12,15H2,1H3. The lowest BCUT2D eigenvalue weighted by Gasteiger charge is -2.28. The smallest absolute Gasteiger partial charge is 0.266 e. The van der Waals surface area contributed by atoms with Gasteiger partial charge in [0, 0.05) is 31.2 Å². The van der Waals surface area contributed by atoms with Crippen LogP contribution in [0.25, 0.3) is 16.6 Å². The lowest BCUT2D eigenvalue weighted by Crippen LogP contribution is -2.31. The van der Waals surface area contributed by atoms with Crippen LogP contribution in [0.5, 0.6) is 0 Å². The van der Waals surface area contributed by atoms with Crippen LogP contribution in [-0.2, 0) is 13.0 Å². The summed E-state index contributed by atoms with van der Waals surface area (Å²) in [7, 11) is 0. The maximum Gasteiger partial charge on any atom is 0.266 e. The molecule has 28 heavy (non-hydrogen) atoms. The van der Waals surface area contributed by atoms with Crippen molar-refractivity contribution in [2.45, 2.75) is 19.9 Å². The molecule has 0 unspecified atom stereocenters. The van der Waals surface area contributed by atoms with Crippen molar-refractivity contribution >= 4 is 16.9 Å². The Bertz CT molecular complexity index is 1230. The van der Waals surface area contributed by atoms with E-state index in [0.717, 1.165) is 30.8 Å². The average Bonchev–Trinajstić information content (AvgIpc) is 2.74. The van der Waals surface area contributed by atoms with Gasteiger partial charge in [-0.3, -0.25) is 9.36 Å². The molecule has 5 heteroatoms. The summed E-state index contributed by atoms with van der Waals surface area (Å²) in [6, 6.07) is 18.3. The van der Waals surface area contributed by atoms with Crippen molar-refractivity contribution in [1.82, 2.24) is 14.5 Å². The second kappa shape index (κ2) is 6.60. The van der Waals surface area contributed by atoms with Gasteiger partial charge in [-0.25, -0.2) is 9.97 Å².